The summed E-state index contributed by atoms with van der Waals surface area (Å²) >= 11 is 0. The number of aliphatic hydroxyl groups excluding tert-OH is 1. The summed E-state index contributed by atoms with van der Waals surface area (Å²) in [5, 5.41) is 13.1. The first-order chi connectivity index (χ1) is 7.57. The van der Waals surface area contributed by atoms with E-state index in [9.17, 15) is 5.11 Å². The highest BCUT2D eigenvalue weighted by Crippen LogP contribution is 2.07. The Hall–Kier alpha value is -0.0800. The van der Waals surface area contributed by atoms with Crippen LogP contribution in [0.3, 0.4) is 0 Å². The summed E-state index contributed by atoms with van der Waals surface area (Å²) in [6.07, 6.45) is 7.75. The van der Waals surface area contributed by atoms with Gasteiger partial charge in [-0.25, -0.2) is 0 Å². The first kappa shape index (κ1) is 15.9. The van der Waals surface area contributed by atoms with Gasteiger partial charge in [-0.1, -0.05) is 52.9 Å². The van der Waals surface area contributed by atoms with Crippen molar-refractivity contribution in [1.82, 2.24) is 5.32 Å². The molecule has 0 rings (SSSR count). The average Bonchev–Trinajstić information content (AvgIpc) is 2.25. The predicted octanol–water partition coefficient (Wildman–Crippen LogP) is 3.34. The molecule has 0 aromatic carbocycles. The van der Waals surface area contributed by atoms with Crippen molar-refractivity contribution in [2.45, 2.75) is 78.4 Å². The number of hydrogen-bond acceptors (Lipinski definition) is 2. The highest BCUT2D eigenvalue weighted by molar-refractivity contribution is 4.67. The minimum Gasteiger partial charge on any atom is -0.392 e. The number of aliphatic hydroxyl groups is 1. The number of unbranched alkanes of at least 4 members (excludes halogenated alkanes) is 4. The van der Waals surface area contributed by atoms with Crippen molar-refractivity contribution >= 4 is 0 Å². The topological polar surface area (TPSA) is 32.3 Å². The lowest BCUT2D eigenvalue weighted by Crippen LogP contribution is -2.36. The maximum atomic E-state index is 9.65. The van der Waals surface area contributed by atoms with E-state index in [0.29, 0.717) is 12.0 Å². The van der Waals surface area contributed by atoms with Crippen molar-refractivity contribution in [3.8, 4) is 0 Å². The van der Waals surface area contributed by atoms with Gasteiger partial charge in [0, 0.05) is 12.6 Å². The molecule has 98 valence electrons. The highest BCUT2D eigenvalue weighted by atomic mass is 16.3. The minimum absolute atomic E-state index is 0.206. The molecular weight excluding hydrogens is 198 g/mol. The lowest BCUT2D eigenvalue weighted by molar-refractivity contribution is 0.120. The van der Waals surface area contributed by atoms with Crippen molar-refractivity contribution < 1.29 is 5.11 Å². The van der Waals surface area contributed by atoms with Crippen LogP contribution in [0.25, 0.3) is 0 Å². The van der Waals surface area contributed by atoms with Crippen LogP contribution in [-0.2, 0) is 0 Å². The van der Waals surface area contributed by atoms with Crippen LogP contribution in [0.4, 0.5) is 0 Å². The third-order valence-electron chi connectivity index (χ3n) is 3.19. The van der Waals surface area contributed by atoms with Gasteiger partial charge in [0.25, 0.3) is 0 Å². The van der Waals surface area contributed by atoms with Gasteiger partial charge < -0.3 is 10.4 Å². The molecule has 0 amide bonds. The molecule has 0 aromatic rings. The van der Waals surface area contributed by atoms with Crippen LogP contribution in [0.1, 0.15) is 66.2 Å². The van der Waals surface area contributed by atoms with Crippen LogP contribution < -0.4 is 5.32 Å². The molecule has 2 N–H and O–H groups in total. The zero-order valence-electron chi connectivity index (χ0n) is 11.6. The second-order valence-electron chi connectivity index (χ2n) is 5.32. The van der Waals surface area contributed by atoms with Crippen molar-refractivity contribution in [3.05, 3.63) is 0 Å². The Morgan fingerprint density at radius 2 is 1.62 bits per heavy atom. The van der Waals surface area contributed by atoms with Gasteiger partial charge in [-0.2, -0.15) is 0 Å². The highest BCUT2D eigenvalue weighted by Gasteiger charge is 2.10. The second kappa shape index (κ2) is 10.1. The first-order valence-electron chi connectivity index (χ1n) is 6.99. The van der Waals surface area contributed by atoms with Gasteiger partial charge in [0.2, 0.25) is 0 Å². The van der Waals surface area contributed by atoms with Gasteiger partial charge in [-0.15, -0.1) is 0 Å². The van der Waals surface area contributed by atoms with Crippen LogP contribution in [0.5, 0.6) is 0 Å². The molecule has 0 aliphatic heterocycles. The Bertz CT molecular complexity index is 148. The number of nitrogens with one attached hydrogen (secondary N) is 1. The van der Waals surface area contributed by atoms with E-state index in [1.54, 1.807) is 0 Å². The van der Waals surface area contributed by atoms with Crippen molar-refractivity contribution in [3.63, 3.8) is 0 Å². The van der Waals surface area contributed by atoms with Crippen LogP contribution in [0.2, 0.25) is 0 Å². The third kappa shape index (κ3) is 9.17. The molecule has 0 radical (unpaired) electrons. The van der Waals surface area contributed by atoms with Gasteiger partial charge in [0.05, 0.1) is 6.10 Å². The molecule has 2 unspecified atom stereocenters. The first-order valence-corrected chi connectivity index (χ1v) is 6.99. The predicted molar refractivity (Wildman–Crippen MR) is 71.7 cm³/mol. The monoisotopic (exact) mass is 229 g/mol. The average molecular weight is 229 g/mol. The number of rotatable bonds is 10. The zero-order valence-corrected chi connectivity index (χ0v) is 11.6. The normalized spacial score (nSPS) is 15.4. The molecule has 16 heavy (non-hydrogen) atoms. The van der Waals surface area contributed by atoms with Crippen LogP contribution in [0, 0.1) is 5.92 Å². The standard InChI is InChI=1S/C14H31NO/c1-5-6-7-8-9-10-13(4)15-11-14(16)12(2)3/h12-16H,5-11H2,1-4H3. The molecular formula is C14H31NO. The SMILES string of the molecule is CCCCCCCC(C)NCC(O)C(C)C. The fraction of sp³-hybridized carbons (Fsp3) is 1.00. The minimum atomic E-state index is -0.206. The fourth-order valence-corrected chi connectivity index (χ4v) is 1.71. The molecule has 0 fully saturated rings. The number of hydrogen-bond donors (Lipinski definition) is 2. The Kier molecular flexibility index (Phi) is 10.0. The van der Waals surface area contributed by atoms with Gasteiger partial charge in [-0.05, 0) is 19.3 Å². The van der Waals surface area contributed by atoms with Crippen molar-refractivity contribution in [2.24, 2.45) is 5.92 Å². The van der Waals surface area contributed by atoms with Crippen LogP contribution in [0.15, 0.2) is 0 Å². The molecule has 0 saturated carbocycles. The molecule has 2 nitrogen and oxygen atoms in total. The van der Waals surface area contributed by atoms with Gasteiger partial charge >= 0.3 is 0 Å². The summed E-state index contributed by atoms with van der Waals surface area (Å²) < 4.78 is 0. The van der Waals surface area contributed by atoms with Crippen molar-refractivity contribution in [2.75, 3.05) is 6.54 Å². The Balaban J connectivity index is 3.34. The van der Waals surface area contributed by atoms with Crippen molar-refractivity contribution in [1.29, 1.82) is 0 Å². The van der Waals surface area contributed by atoms with Gasteiger partial charge in [0.15, 0.2) is 0 Å². The van der Waals surface area contributed by atoms with Gasteiger partial charge in [0.1, 0.15) is 0 Å². The van der Waals surface area contributed by atoms with E-state index in [1.807, 2.05) is 0 Å². The van der Waals surface area contributed by atoms with E-state index in [1.165, 1.54) is 38.5 Å². The fourth-order valence-electron chi connectivity index (χ4n) is 1.71. The summed E-state index contributed by atoms with van der Waals surface area (Å²) in [5.74, 6) is 0.351. The van der Waals surface area contributed by atoms with Crippen LogP contribution in [-0.4, -0.2) is 23.8 Å². The van der Waals surface area contributed by atoms with E-state index in [-0.39, 0.29) is 6.10 Å². The largest absolute Gasteiger partial charge is 0.392 e. The maximum absolute atomic E-state index is 9.65. The Morgan fingerprint density at radius 1 is 1.00 bits per heavy atom. The summed E-state index contributed by atoms with van der Waals surface area (Å²) in [7, 11) is 0. The van der Waals surface area contributed by atoms with Crippen LogP contribution >= 0.6 is 0 Å². The zero-order chi connectivity index (χ0) is 12.4. The summed E-state index contributed by atoms with van der Waals surface area (Å²) in [6, 6.07) is 0.537. The second-order valence-corrected chi connectivity index (χ2v) is 5.32. The molecule has 0 saturated heterocycles. The van der Waals surface area contributed by atoms with E-state index in [2.05, 4.69) is 33.0 Å². The lowest BCUT2D eigenvalue weighted by atomic mass is 10.1. The third-order valence-corrected chi connectivity index (χ3v) is 3.19. The van der Waals surface area contributed by atoms with E-state index in [0.717, 1.165) is 6.54 Å². The summed E-state index contributed by atoms with van der Waals surface area (Å²) in [6.45, 7) is 9.31. The molecule has 0 bridgehead atoms. The van der Waals surface area contributed by atoms with Gasteiger partial charge in [-0.3, -0.25) is 0 Å². The quantitative estimate of drug-likeness (QED) is 0.563. The summed E-state index contributed by atoms with van der Waals surface area (Å²) in [4.78, 5) is 0. The molecule has 0 aliphatic rings. The molecule has 0 aromatic heterocycles. The molecule has 0 heterocycles. The Labute approximate surface area is 102 Å². The maximum Gasteiger partial charge on any atom is 0.0687 e. The van der Waals surface area contributed by atoms with E-state index < -0.39 is 0 Å². The molecule has 0 aliphatic carbocycles. The lowest BCUT2D eigenvalue weighted by Gasteiger charge is -2.19. The smallest absolute Gasteiger partial charge is 0.0687 e. The molecule has 0 spiro atoms. The molecule has 2 heteroatoms. The summed E-state index contributed by atoms with van der Waals surface area (Å²) in [5.41, 5.74) is 0. The van der Waals surface area contributed by atoms with E-state index >= 15 is 0 Å². The Morgan fingerprint density at radius 3 is 2.19 bits per heavy atom. The molecule has 2 atom stereocenters. The van der Waals surface area contributed by atoms with E-state index in [4.69, 9.17) is 0 Å².